The Bertz CT molecular complexity index is 1720. The van der Waals surface area contributed by atoms with Gasteiger partial charge in [0.2, 0.25) is 0 Å². The molecule has 4 aliphatic heterocycles. The Morgan fingerprint density at radius 1 is 1.20 bits per heavy atom. The first kappa shape index (κ1) is 24.6. The highest BCUT2D eigenvalue weighted by Gasteiger charge is 2.35. The van der Waals surface area contributed by atoms with Gasteiger partial charge in [0.15, 0.2) is 23.2 Å². The molecule has 2 aromatic carbocycles. The number of ketones is 1. The van der Waals surface area contributed by atoms with Gasteiger partial charge in [-0.3, -0.25) is 9.89 Å². The standard InChI is InChI=1S/C30H27FN6O3/c1-2-15-11-24(38)20(31)12-19(15)16-5-7-18-22(10-16)36-37-26(18)30-34-23-13-33-28(27(23)35-30)25-8-6-17(14-40-25)29(39)21-4-3-9-32-21/h5,7-8,10-13,17,21,32,38H,2-4,6,9,14H2,1H3,(H,36,37)/t17-,21+/m1/s1. The van der Waals surface area contributed by atoms with Gasteiger partial charge in [-0.1, -0.05) is 13.0 Å². The number of phenols is 1. The number of halogens is 1. The van der Waals surface area contributed by atoms with Crippen molar-refractivity contribution < 1.29 is 19.0 Å². The van der Waals surface area contributed by atoms with Crippen molar-refractivity contribution in [2.45, 2.75) is 38.6 Å². The average Bonchev–Trinajstić information content (AvgIpc) is 3.78. The molecule has 9 nitrogen and oxygen atoms in total. The molecular weight excluding hydrogens is 511 g/mol. The second kappa shape index (κ2) is 9.63. The summed E-state index contributed by atoms with van der Waals surface area (Å²) in [4.78, 5) is 26.7. The van der Waals surface area contributed by atoms with Gasteiger partial charge in [-0.15, -0.1) is 0 Å². The SMILES string of the molecule is CCc1cc(O)c(F)cc1-c1ccc2c(C3=NC4=CN=C(C5=CC[C@@H](C(=O)[C@@H]6CCCN6)CO5)C4=N3)n[nH]c2c1. The van der Waals surface area contributed by atoms with Crippen molar-refractivity contribution in [2.24, 2.45) is 20.9 Å². The maximum absolute atomic E-state index is 14.2. The number of Topliss-reactive ketones (excluding diaryl/α,β-unsaturated/α-hetero) is 1. The first-order valence-corrected chi connectivity index (χ1v) is 13.6. The average molecular weight is 539 g/mol. The number of hydrogen-bond donors (Lipinski definition) is 3. The van der Waals surface area contributed by atoms with Crippen LogP contribution in [0.25, 0.3) is 22.0 Å². The summed E-state index contributed by atoms with van der Waals surface area (Å²) >= 11 is 0. The fourth-order valence-electron chi connectivity index (χ4n) is 5.76. The van der Waals surface area contributed by atoms with Crippen molar-refractivity contribution >= 4 is 33.9 Å². The molecular formula is C30H27FN6O3. The summed E-state index contributed by atoms with van der Waals surface area (Å²) in [5.74, 6) is 0.145. The zero-order chi connectivity index (χ0) is 27.4. The fourth-order valence-corrected chi connectivity index (χ4v) is 5.76. The first-order valence-electron chi connectivity index (χ1n) is 13.6. The minimum absolute atomic E-state index is 0.0634. The molecule has 7 rings (SSSR count). The Labute approximate surface area is 229 Å². The topological polar surface area (TPSA) is 124 Å². The third-order valence-corrected chi connectivity index (χ3v) is 7.93. The van der Waals surface area contributed by atoms with Crippen LogP contribution in [0.15, 0.2) is 69.0 Å². The summed E-state index contributed by atoms with van der Waals surface area (Å²) in [5.41, 5.74) is 5.63. The smallest absolute Gasteiger partial charge is 0.182 e. The molecule has 0 amide bonds. The number of allylic oxidation sites excluding steroid dienone is 3. The molecule has 0 aliphatic carbocycles. The number of amidine groups is 1. The van der Waals surface area contributed by atoms with Crippen LogP contribution in [-0.4, -0.2) is 57.5 Å². The van der Waals surface area contributed by atoms with Gasteiger partial charge >= 0.3 is 0 Å². The Hall–Kier alpha value is -4.44. The predicted molar refractivity (Wildman–Crippen MR) is 150 cm³/mol. The normalized spacial score (nSPS) is 21.9. The number of H-pyrrole nitrogens is 1. The van der Waals surface area contributed by atoms with Gasteiger partial charge in [0.25, 0.3) is 0 Å². The number of hydrogen-bond acceptors (Lipinski definition) is 8. The Morgan fingerprint density at radius 3 is 2.88 bits per heavy atom. The number of nitrogens with one attached hydrogen (secondary N) is 2. The summed E-state index contributed by atoms with van der Waals surface area (Å²) in [7, 11) is 0. The van der Waals surface area contributed by atoms with Crippen LogP contribution >= 0.6 is 0 Å². The molecule has 1 fully saturated rings. The molecule has 0 spiro atoms. The van der Waals surface area contributed by atoms with Crippen molar-refractivity contribution in [1.82, 2.24) is 15.5 Å². The number of carbonyl (C=O) groups is 1. The van der Waals surface area contributed by atoms with E-state index in [1.807, 2.05) is 31.2 Å². The molecule has 10 heteroatoms. The number of aliphatic imine (C=N–C) groups is 3. The van der Waals surface area contributed by atoms with E-state index < -0.39 is 5.82 Å². The molecule has 5 heterocycles. The molecule has 3 aromatic rings. The van der Waals surface area contributed by atoms with E-state index in [-0.39, 0.29) is 23.5 Å². The van der Waals surface area contributed by atoms with Crippen LogP contribution in [0.3, 0.4) is 0 Å². The van der Waals surface area contributed by atoms with Crippen molar-refractivity contribution in [1.29, 1.82) is 0 Å². The van der Waals surface area contributed by atoms with E-state index >= 15 is 0 Å². The highest BCUT2D eigenvalue weighted by Crippen LogP contribution is 2.33. The number of benzene rings is 2. The van der Waals surface area contributed by atoms with Gasteiger partial charge in [-0.05, 0) is 79.3 Å². The number of aromatic nitrogens is 2. The lowest BCUT2D eigenvalue weighted by Gasteiger charge is -2.24. The largest absolute Gasteiger partial charge is 0.505 e. The van der Waals surface area contributed by atoms with Crippen molar-refractivity contribution in [2.75, 3.05) is 13.2 Å². The second-order valence-electron chi connectivity index (χ2n) is 10.4. The van der Waals surface area contributed by atoms with Crippen molar-refractivity contribution in [3.63, 3.8) is 0 Å². The van der Waals surface area contributed by atoms with E-state index in [9.17, 15) is 14.3 Å². The number of aromatic hydroxyl groups is 1. The number of ether oxygens (including phenoxy) is 1. The lowest BCUT2D eigenvalue weighted by molar-refractivity contribution is -0.126. The zero-order valence-electron chi connectivity index (χ0n) is 21.9. The van der Waals surface area contributed by atoms with Crippen molar-refractivity contribution in [3.05, 3.63) is 71.1 Å². The summed E-state index contributed by atoms with van der Waals surface area (Å²) in [5, 5.41) is 21.4. The number of rotatable bonds is 6. The van der Waals surface area contributed by atoms with Crippen LogP contribution < -0.4 is 5.32 Å². The Balaban J connectivity index is 1.12. The lowest BCUT2D eigenvalue weighted by Crippen LogP contribution is -2.38. The van der Waals surface area contributed by atoms with Crippen LogP contribution in [0.5, 0.6) is 5.75 Å². The van der Waals surface area contributed by atoms with Crippen molar-refractivity contribution in [3.8, 4) is 16.9 Å². The highest BCUT2D eigenvalue weighted by atomic mass is 19.1. The van der Waals surface area contributed by atoms with Gasteiger partial charge in [0.1, 0.15) is 28.6 Å². The second-order valence-corrected chi connectivity index (χ2v) is 10.4. The number of phenolic OH excluding ortho intramolecular Hbond substituents is 1. The Kier molecular flexibility index (Phi) is 5.92. The van der Waals surface area contributed by atoms with Gasteiger partial charge in [0, 0.05) is 5.39 Å². The maximum atomic E-state index is 14.2. The maximum Gasteiger partial charge on any atom is 0.182 e. The van der Waals surface area contributed by atoms with Gasteiger partial charge in [0.05, 0.1) is 30.3 Å². The minimum atomic E-state index is -0.656. The summed E-state index contributed by atoms with van der Waals surface area (Å²) < 4.78 is 20.2. The first-order chi connectivity index (χ1) is 19.5. The molecule has 1 saturated heterocycles. The van der Waals surface area contributed by atoms with Crippen LogP contribution in [0.1, 0.15) is 37.4 Å². The molecule has 1 aromatic heterocycles. The predicted octanol–water partition coefficient (Wildman–Crippen LogP) is 4.38. The molecule has 2 atom stereocenters. The zero-order valence-corrected chi connectivity index (χ0v) is 21.9. The summed E-state index contributed by atoms with van der Waals surface area (Å²) in [6, 6.07) is 8.50. The molecule has 40 heavy (non-hydrogen) atoms. The molecule has 3 N–H and O–H groups in total. The molecule has 0 bridgehead atoms. The van der Waals surface area contributed by atoms with E-state index in [0.29, 0.717) is 53.9 Å². The van der Waals surface area contributed by atoms with Gasteiger partial charge in [-0.25, -0.2) is 19.4 Å². The van der Waals surface area contributed by atoms with E-state index in [2.05, 4.69) is 25.5 Å². The van der Waals surface area contributed by atoms with E-state index in [4.69, 9.17) is 9.73 Å². The fraction of sp³-hybridized carbons (Fsp3) is 0.300. The molecule has 202 valence electrons. The van der Waals surface area contributed by atoms with Gasteiger partial charge in [-0.2, -0.15) is 5.10 Å². The highest BCUT2D eigenvalue weighted by molar-refractivity contribution is 6.57. The number of aromatic amines is 1. The van der Waals surface area contributed by atoms with Crippen LogP contribution in [0.4, 0.5) is 4.39 Å². The number of aryl methyl sites for hydroxylation is 1. The number of nitrogens with zero attached hydrogens (tertiary/aromatic N) is 4. The molecule has 4 aliphatic rings. The van der Waals surface area contributed by atoms with E-state index in [1.165, 1.54) is 12.1 Å². The van der Waals surface area contributed by atoms with Crippen LogP contribution in [-0.2, 0) is 16.0 Å². The Morgan fingerprint density at radius 2 is 2.10 bits per heavy atom. The molecule has 0 saturated carbocycles. The molecule has 0 radical (unpaired) electrons. The third-order valence-electron chi connectivity index (χ3n) is 7.93. The summed E-state index contributed by atoms with van der Waals surface area (Å²) in [6.07, 6.45) is 6.78. The number of carbonyl (C=O) groups excluding carboxylic acids is 1. The quantitative estimate of drug-likeness (QED) is 0.430. The lowest BCUT2D eigenvalue weighted by atomic mass is 9.92. The minimum Gasteiger partial charge on any atom is -0.505 e. The summed E-state index contributed by atoms with van der Waals surface area (Å²) in [6.45, 7) is 3.18. The third kappa shape index (κ3) is 4.06. The van der Waals surface area contributed by atoms with Gasteiger partial charge < -0.3 is 15.2 Å². The van der Waals surface area contributed by atoms with E-state index in [0.717, 1.165) is 47.0 Å². The van der Waals surface area contributed by atoms with Crippen LogP contribution in [0, 0.1) is 11.7 Å². The number of fused-ring (bicyclic) bond motifs is 2. The van der Waals surface area contributed by atoms with Crippen LogP contribution in [0.2, 0.25) is 0 Å². The van der Waals surface area contributed by atoms with E-state index in [1.54, 1.807) is 6.20 Å². The molecule has 0 unspecified atom stereocenters. The monoisotopic (exact) mass is 538 g/mol.